The van der Waals surface area contributed by atoms with Crippen molar-refractivity contribution in [2.45, 2.75) is 117 Å². The molecule has 0 saturated carbocycles. The summed E-state index contributed by atoms with van der Waals surface area (Å²) in [5, 5.41) is 21.2. The third-order valence-corrected chi connectivity index (χ3v) is 11.2. The van der Waals surface area contributed by atoms with Gasteiger partial charge in [0.1, 0.15) is 12.1 Å². The minimum atomic E-state index is -1.15. The largest absolute Gasteiger partial charge is 0.453 e. The summed E-state index contributed by atoms with van der Waals surface area (Å²) in [7, 11) is 1.24. The first-order chi connectivity index (χ1) is 29.3. The second-order valence-electron chi connectivity index (χ2n) is 18.7. The Bertz CT molecular complexity index is 2100. The number of pyridine rings is 2. The Kier molecular flexibility index (Phi) is 15.9. The number of hydrogen-bond acceptors (Lipinski definition) is 8. The summed E-state index contributed by atoms with van der Waals surface area (Å²) in [5.41, 5.74) is 3.93. The van der Waals surface area contributed by atoms with E-state index in [4.69, 9.17) is 9.72 Å². The molecule has 0 aliphatic carbocycles. The fourth-order valence-corrected chi connectivity index (χ4v) is 7.92. The first-order valence-electron chi connectivity index (χ1n) is 21.5. The smallest absolute Gasteiger partial charge is 0.407 e. The maximum atomic E-state index is 14.7. The van der Waals surface area contributed by atoms with Crippen LogP contribution in [0.3, 0.4) is 0 Å². The lowest BCUT2D eigenvalue weighted by Crippen LogP contribution is -2.59. The van der Waals surface area contributed by atoms with Crippen LogP contribution in [0, 0.1) is 10.8 Å². The molecule has 13 heteroatoms. The molecule has 1 aliphatic rings. The molecule has 5 amide bonds. The summed E-state index contributed by atoms with van der Waals surface area (Å²) in [6.45, 7) is 16.6. The van der Waals surface area contributed by atoms with Gasteiger partial charge in [-0.2, -0.15) is 0 Å². The van der Waals surface area contributed by atoms with Crippen molar-refractivity contribution < 1.29 is 29.0 Å². The van der Waals surface area contributed by atoms with Gasteiger partial charge in [0.25, 0.3) is 0 Å². The van der Waals surface area contributed by atoms with Crippen LogP contribution in [0.5, 0.6) is 0 Å². The summed E-state index contributed by atoms with van der Waals surface area (Å²) in [6.07, 6.45) is 0.532. The number of nitrogens with one attached hydrogen (secondary N) is 3. The monoisotopic (exact) mass is 847 g/mol. The fourth-order valence-electron chi connectivity index (χ4n) is 7.92. The molecule has 1 aliphatic heterocycles. The zero-order chi connectivity index (χ0) is 45.2. The number of ether oxygens (including phenoxy) is 1. The van der Waals surface area contributed by atoms with E-state index in [0.29, 0.717) is 26.1 Å². The van der Waals surface area contributed by atoms with Crippen LogP contribution in [0.1, 0.15) is 90.2 Å². The number of hydrogen-bond donors (Lipinski definition) is 4. The summed E-state index contributed by atoms with van der Waals surface area (Å²) in [6, 6.07) is 25.5. The number of aromatic nitrogens is 2. The summed E-state index contributed by atoms with van der Waals surface area (Å²) in [4.78, 5) is 67.8. The quantitative estimate of drug-likeness (QED) is 0.0892. The zero-order valence-corrected chi connectivity index (χ0v) is 37.7. The lowest BCUT2D eigenvalue weighted by Gasteiger charge is -2.38. The average Bonchev–Trinajstić information content (AvgIpc) is 3.57. The number of nitrogens with zero attached hydrogens (tertiary/aromatic N) is 4. The van der Waals surface area contributed by atoms with Crippen molar-refractivity contribution in [1.29, 1.82) is 0 Å². The number of amides is 5. The van der Waals surface area contributed by atoms with Gasteiger partial charge in [-0.05, 0) is 71.4 Å². The van der Waals surface area contributed by atoms with E-state index in [0.717, 1.165) is 33.8 Å². The van der Waals surface area contributed by atoms with Gasteiger partial charge in [-0.1, -0.05) is 122 Å². The molecule has 2 aromatic carbocycles. The third kappa shape index (κ3) is 12.9. The fraction of sp³-hybridized carbons (Fsp3) is 0.469. The highest BCUT2D eigenvalue weighted by molar-refractivity contribution is 5.89. The van der Waals surface area contributed by atoms with E-state index in [1.165, 1.54) is 7.11 Å². The minimum absolute atomic E-state index is 0.0552. The number of carbonyl (C=O) groups is 4. The van der Waals surface area contributed by atoms with Gasteiger partial charge in [0, 0.05) is 36.6 Å². The molecule has 5 atom stereocenters. The number of carbonyl (C=O) groups excluding carboxylic acids is 4. The van der Waals surface area contributed by atoms with E-state index >= 15 is 0 Å². The van der Waals surface area contributed by atoms with Crippen molar-refractivity contribution in [3.8, 4) is 11.3 Å². The molecule has 13 nitrogen and oxygen atoms in total. The van der Waals surface area contributed by atoms with Crippen molar-refractivity contribution in [3.63, 3.8) is 0 Å². The van der Waals surface area contributed by atoms with Gasteiger partial charge in [-0.3, -0.25) is 19.6 Å². The van der Waals surface area contributed by atoms with Crippen LogP contribution in [0.15, 0.2) is 97.2 Å². The van der Waals surface area contributed by atoms with Gasteiger partial charge in [0.15, 0.2) is 0 Å². The number of methoxy groups -OCH3 is 1. The van der Waals surface area contributed by atoms with E-state index in [9.17, 15) is 24.3 Å². The molecule has 0 spiro atoms. The molecule has 0 unspecified atom stereocenters. The van der Waals surface area contributed by atoms with Crippen LogP contribution in [0.2, 0.25) is 0 Å². The van der Waals surface area contributed by atoms with E-state index in [1.54, 1.807) is 16.0 Å². The molecule has 62 heavy (non-hydrogen) atoms. The SMILES string of the molecule is COC(=O)N[C@H](C(=O)N[C@@H](Cc1ccc(-c2ccccn2)cc1)C[C@H](O)[C@H](Cc1ccccc1)NC(=O)[C@@H](N1CCN(Cc2cccc(C(C)C)n2)C1=O)C(C)(C)C)C(C)(C)C. The van der Waals surface area contributed by atoms with E-state index in [2.05, 4.69) is 34.8 Å². The highest BCUT2D eigenvalue weighted by Crippen LogP contribution is 2.30. The minimum Gasteiger partial charge on any atom is -0.453 e. The van der Waals surface area contributed by atoms with Crippen molar-refractivity contribution in [2.24, 2.45) is 10.8 Å². The molecule has 0 bridgehead atoms. The molecule has 3 heterocycles. The Hall–Kier alpha value is -5.82. The van der Waals surface area contributed by atoms with Crippen LogP contribution in [-0.2, 0) is 33.7 Å². The second kappa shape index (κ2) is 20.8. The predicted octanol–water partition coefficient (Wildman–Crippen LogP) is 6.90. The number of aliphatic hydroxyl groups excluding tert-OH is 1. The average molecular weight is 848 g/mol. The van der Waals surface area contributed by atoms with E-state index in [-0.39, 0.29) is 30.7 Å². The second-order valence-corrected chi connectivity index (χ2v) is 18.7. The van der Waals surface area contributed by atoms with Crippen LogP contribution < -0.4 is 16.0 Å². The van der Waals surface area contributed by atoms with Crippen molar-refractivity contribution in [2.75, 3.05) is 20.2 Å². The first kappa shape index (κ1) is 47.2. The maximum absolute atomic E-state index is 14.7. The highest BCUT2D eigenvalue weighted by atomic mass is 16.5. The topological polar surface area (TPSA) is 166 Å². The van der Waals surface area contributed by atoms with Gasteiger partial charge in [0.05, 0.1) is 37.2 Å². The number of benzene rings is 2. The standard InChI is InChI=1S/C49H65N7O6/c1-32(2)38-20-15-18-36(51-38)31-55-26-27-56(47(55)61)43(49(6,7)8)45(59)53-40(29-33-16-11-10-12-17-33)41(57)30-37(52-44(58)42(48(3,4)5)54-46(60)62-9)28-34-21-23-35(24-22-34)39-19-13-14-25-50-39/h10-25,32,37,40-43,57H,26-31H2,1-9H3,(H,52,58)(H,53,59)(H,54,60)/t37-,40-,41-,42+,43+/m0/s1. The van der Waals surface area contributed by atoms with Crippen LogP contribution in [-0.4, -0.2) is 99.3 Å². The molecule has 332 valence electrons. The lowest BCUT2D eigenvalue weighted by molar-refractivity contribution is -0.131. The summed E-state index contributed by atoms with van der Waals surface area (Å²) < 4.78 is 4.85. The Morgan fingerprint density at radius 3 is 2.06 bits per heavy atom. The highest BCUT2D eigenvalue weighted by Gasteiger charge is 2.44. The first-order valence-corrected chi connectivity index (χ1v) is 21.5. The van der Waals surface area contributed by atoms with E-state index < -0.39 is 53.1 Å². The van der Waals surface area contributed by atoms with Gasteiger partial charge < -0.3 is 35.6 Å². The maximum Gasteiger partial charge on any atom is 0.407 e. The predicted molar refractivity (Wildman–Crippen MR) is 241 cm³/mol. The normalized spacial score (nSPS) is 15.7. The number of rotatable bonds is 17. The molecule has 4 aromatic rings. The van der Waals surface area contributed by atoms with Gasteiger partial charge >= 0.3 is 12.1 Å². The van der Waals surface area contributed by atoms with Crippen molar-refractivity contribution in [3.05, 3.63) is 120 Å². The summed E-state index contributed by atoms with van der Waals surface area (Å²) in [5.74, 6) is -0.577. The number of aliphatic hydroxyl groups is 1. The third-order valence-electron chi connectivity index (χ3n) is 11.2. The van der Waals surface area contributed by atoms with Crippen molar-refractivity contribution in [1.82, 2.24) is 35.7 Å². The van der Waals surface area contributed by atoms with Gasteiger partial charge in [0.2, 0.25) is 11.8 Å². The van der Waals surface area contributed by atoms with Gasteiger partial charge in [-0.25, -0.2) is 9.59 Å². The van der Waals surface area contributed by atoms with E-state index in [1.807, 2.05) is 133 Å². The molecule has 0 radical (unpaired) electrons. The van der Waals surface area contributed by atoms with Gasteiger partial charge in [-0.15, -0.1) is 0 Å². The molecule has 1 saturated heterocycles. The number of urea groups is 1. The summed E-state index contributed by atoms with van der Waals surface area (Å²) >= 11 is 0. The Morgan fingerprint density at radius 2 is 1.45 bits per heavy atom. The molecule has 4 N–H and O–H groups in total. The number of alkyl carbamates (subject to hydrolysis) is 1. The molecule has 1 fully saturated rings. The molecular weight excluding hydrogens is 783 g/mol. The lowest BCUT2D eigenvalue weighted by atomic mass is 9.84. The Balaban J connectivity index is 1.41. The van der Waals surface area contributed by atoms with Crippen molar-refractivity contribution >= 4 is 23.9 Å². The Labute approximate surface area is 367 Å². The molecule has 5 rings (SSSR count). The van der Waals surface area contributed by atoms with Crippen LogP contribution in [0.4, 0.5) is 9.59 Å². The van der Waals surface area contributed by atoms with Crippen LogP contribution >= 0.6 is 0 Å². The zero-order valence-electron chi connectivity index (χ0n) is 37.7. The molecular formula is C49H65N7O6. The Morgan fingerprint density at radius 1 is 0.774 bits per heavy atom. The van der Waals surface area contributed by atoms with Crippen LogP contribution in [0.25, 0.3) is 11.3 Å². The molecule has 2 aromatic heterocycles.